The van der Waals surface area contributed by atoms with Gasteiger partial charge in [-0.05, 0) is 18.6 Å². The van der Waals surface area contributed by atoms with Crippen molar-refractivity contribution in [3.63, 3.8) is 0 Å². The predicted octanol–water partition coefficient (Wildman–Crippen LogP) is 3.40. The van der Waals surface area contributed by atoms with Crippen LogP contribution < -0.4 is 4.74 Å². The Morgan fingerprint density at radius 1 is 1.31 bits per heavy atom. The average Bonchev–Trinajstić information content (AvgIpc) is 2.65. The SMILES string of the molecule is CC1=C2Oc3ccccc3C2C#CCC=C1. The highest BCUT2D eigenvalue weighted by atomic mass is 16.5. The highest BCUT2D eigenvalue weighted by molar-refractivity contribution is 5.53. The van der Waals surface area contributed by atoms with Crippen molar-refractivity contribution in [1.82, 2.24) is 0 Å². The van der Waals surface area contributed by atoms with E-state index < -0.39 is 0 Å². The molecule has 1 heterocycles. The standard InChI is InChI=1S/C15H12O/c1-11-7-3-2-4-9-13-12-8-5-6-10-14(12)16-15(11)13/h3,5-8,10,13H,2H2,1H3. The molecular weight excluding hydrogens is 196 g/mol. The van der Waals surface area contributed by atoms with E-state index in [1.54, 1.807) is 0 Å². The van der Waals surface area contributed by atoms with Crippen LogP contribution in [0, 0.1) is 11.8 Å². The Bertz CT molecular complexity index is 552. The molecule has 0 amide bonds. The Labute approximate surface area is 95.4 Å². The summed E-state index contributed by atoms with van der Waals surface area (Å²) in [6, 6.07) is 8.14. The minimum Gasteiger partial charge on any atom is -0.459 e. The molecule has 78 valence electrons. The van der Waals surface area contributed by atoms with Gasteiger partial charge in [-0.1, -0.05) is 42.2 Å². The van der Waals surface area contributed by atoms with Crippen LogP contribution in [0.2, 0.25) is 0 Å². The van der Waals surface area contributed by atoms with Crippen LogP contribution in [0.15, 0.2) is 47.7 Å². The lowest BCUT2D eigenvalue weighted by atomic mass is 9.95. The minimum absolute atomic E-state index is 0.126. The third kappa shape index (κ3) is 1.35. The summed E-state index contributed by atoms with van der Waals surface area (Å²) >= 11 is 0. The second-order valence-corrected chi connectivity index (χ2v) is 4.05. The zero-order valence-corrected chi connectivity index (χ0v) is 9.16. The molecule has 1 atom stereocenters. The number of rotatable bonds is 0. The predicted molar refractivity (Wildman–Crippen MR) is 64.0 cm³/mol. The molecule has 1 aromatic rings. The summed E-state index contributed by atoms with van der Waals surface area (Å²) in [6.45, 7) is 2.08. The Balaban J connectivity index is 2.19. The summed E-state index contributed by atoms with van der Waals surface area (Å²) in [5.74, 6) is 8.52. The van der Waals surface area contributed by atoms with Gasteiger partial charge in [0.2, 0.25) is 0 Å². The summed E-state index contributed by atoms with van der Waals surface area (Å²) in [4.78, 5) is 0. The van der Waals surface area contributed by atoms with E-state index in [0.29, 0.717) is 0 Å². The summed E-state index contributed by atoms with van der Waals surface area (Å²) in [7, 11) is 0. The van der Waals surface area contributed by atoms with Gasteiger partial charge in [-0.3, -0.25) is 0 Å². The van der Waals surface area contributed by atoms with Crippen molar-refractivity contribution in [1.29, 1.82) is 0 Å². The molecule has 1 aliphatic heterocycles. The van der Waals surface area contributed by atoms with Crippen molar-refractivity contribution in [2.45, 2.75) is 19.3 Å². The van der Waals surface area contributed by atoms with Gasteiger partial charge in [-0.2, -0.15) is 0 Å². The second kappa shape index (κ2) is 3.57. The monoisotopic (exact) mass is 208 g/mol. The van der Waals surface area contributed by atoms with Gasteiger partial charge in [-0.15, -0.1) is 0 Å². The normalized spacial score (nSPS) is 21.2. The van der Waals surface area contributed by atoms with Crippen molar-refractivity contribution < 1.29 is 4.74 Å². The topological polar surface area (TPSA) is 9.23 Å². The summed E-state index contributed by atoms with van der Waals surface area (Å²) in [6.07, 6.45) is 5.00. The maximum Gasteiger partial charge on any atom is 0.131 e. The molecule has 16 heavy (non-hydrogen) atoms. The van der Waals surface area contributed by atoms with Gasteiger partial charge < -0.3 is 4.74 Å². The van der Waals surface area contributed by atoms with E-state index in [1.165, 1.54) is 11.1 Å². The van der Waals surface area contributed by atoms with Crippen molar-refractivity contribution >= 4 is 0 Å². The van der Waals surface area contributed by atoms with Crippen LogP contribution in [0.1, 0.15) is 24.8 Å². The summed E-state index contributed by atoms with van der Waals surface area (Å²) in [5.41, 5.74) is 2.37. The first-order chi connectivity index (χ1) is 7.86. The van der Waals surface area contributed by atoms with Gasteiger partial charge in [-0.25, -0.2) is 0 Å². The quantitative estimate of drug-likeness (QED) is 0.594. The molecule has 0 fully saturated rings. The minimum atomic E-state index is 0.126. The molecule has 1 heteroatoms. The van der Waals surface area contributed by atoms with Crippen molar-refractivity contribution in [2.75, 3.05) is 0 Å². The molecule has 1 nitrogen and oxygen atoms in total. The van der Waals surface area contributed by atoms with Gasteiger partial charge in [0.05, 0.1) is 0 Å². The highest BCUT2D eigenvalue weighted by Crippen LogP contribution is 2.41. The molecule has 1 unspecified atom stereocenters. The second-order valence-electron chi connectivity index (χ2n) is 4.05. The van der Waals surface area contributed by atoms with Gasteiger partial charge in [0.1, 0.15) is 17.4 Å². The number of allylic oxidation sites excluding steroid dienone is 4. The van der Waals surface area contributed by atoms with Crippen LogP contribution in [-0.2, 0) is 0 Å². The first kappa shape index (κ1) is 9.30. The first-order valence-corrected chi connectivity index (χ1v) is 5.49. The van der Waals surface area contributed by atoms with Crippen LogP contribution in [0.25, 0.3) is 0 Å². The molecule has 1 aliphatic carbocycles. The Morgan fingerprint density at radius 2 is 2.19 bits per heavy atom. The third-order valence-electron chi connectivity index (χ3n) is 2.93. The molecule has 0 saturated heterocycles. The fourth-order valence-corrected chi connectivity index (χ4v) is 2.12. The maximum absolute atomic E-state index is 5.88. The molecule has 1 aromatic carbocycles. The zero-order chi connectivity index (χ0) is 11.0. The van der Waals surface area contributed by atoms with E-state index in [-0.39, 0.29) is 5.92 Å². The van der Waals surface area contributed by atoms with Crippen LogP contribution in [0.5, 0.6) is 5.75 Å². The summed E-state index contributed by atoms with van der Waals surface area (Å²) < 4.78 is 5.88. The van der Waals surface area contributed by atoms with E-state index in [4.69, 9.17) is 4.74 Å². The molecule has 0 spiro atoms. The fourth-order valence-electron chi connectivity index (χ4n) is 2.12. The molecule has 0 radical (unpaired) electrons. The zero-order valence-electron chi connectivity index (χ0n) is 9.16. The van der Waals surface area contributed by atoms with Crippen molar-refractivity contribution in [2.24, 2.45) is 0 Å². The van der Waals surface area contributed by atoms with Gasteiger partial charge in [0.15, 0.2) is 0 Å². The van der Waals surface area contributed by atoms with Gasteiger partial charge >= 0.3 is 0 Å². The van der Waals surface area contributed by atoms with E-state index >= 15 is 0 Å². The van der Waals surface area contributed by atoms with Crippen LogP contribution in [0.3, 0.4) is 0 Å². The molecule has 2 aliphatic rings. The molecule has 0 aromatic heterocycles. The Hall–Kier alpha value is -1.94. The number of benzene rings is 1. The highest BCUT2D eigenvalue weighted by Gasteiger charge is 2.29. The van der Waals surface area contributed by atoms with Crippen LogP contribution >= 0.6 is 0 Å². The third-order valence-corrected chi connectivity index (χ3v) is 2.93. The van der Waals surface area contributed by atoms with Crippen molar-refractivity contribution in [3.8, 4) is 17.6 Å². The number of hydrogen-bond donors (Lipinski definition) is 0. The van der Waals surface area contributed by atoms with E-state index in [1.807, 2.05) is 18.2 Å². The lowest BCUT2D eigenvalue weighted by Gasteiger charge is -2.07. The van der Waals surface area contributed by atoms with Crippen LogP contribution in [0.4, 0.5) is 0 Å². The lowest BCUT2D eigenvalue weighted by Crippen LogP contribution is -1.99. The van der Waals surface area contributed by atoms with E-state index in [9.17, 15) is 0 Å². The lowest BCUT2D eigenvalue weighted by molar-refractivity contribution is 0.435. The number of para-hydroxylation sites is 1. The average molecular weight is 208 g/mol. The largest absolute Gasteiger partial charge is 0.459 e. The first-order valence-electron chi connectivity index (χ1n) is 5.49. The molecular formula is C15H12O. The maximum atomic E-state index is 5.88. The molecule has 0 N–H and O–H groups in total. The number of fused-ring (bicyclic) bond motifs is 3. The molecule has 0 saturated carbocycles. The number of hydrogen-bond acceptors (Lipinski definition) is 1. The Morgan fingerprint density at radius 3 is 3.12 bits per heavy atom. The van der Waals surface area contributed by atoms with Gasteiger partial charge in [0, 0.05) is 12.0 Å². The number of ether oxygens (including phenoxy) is 1. The van der Waals surface area contributed by atoms with Crippen LogP contribution in [-0.4, -0.2) is 0 Å². The van der Waals surface area contributed by atoms with E-state index in [0.717, 1.165) is 17.9 Å². The molecule has 0 bridgehead atoms. The van der Waals surface area contributed by atoms with E-state index in [2.05, 4.69) is 37.0 Å². The van der Waals surface area contributed by atoms with Gasteiger partial charge in [0.25, 0.3) is 0 Å². The Kier molecular flexibility index (Phi) is 2.08. The smallest absolute Gasteiger partial charge is 0.131 e. The van der Waals surface area contributed by atoms with Crippen molar-refractivity contribution in [3.05, 3.63) is 53.3 Å². The summed E-state index contributed by atoms with van der Waals surface area (Å²) in [5, 5.41) is 0. The molecule has 3 rings (SSSR count). The fraction of sp³-hybridized carbons (Fsp3) is 0.200.